The van der Waals surface area contributed by atoms with Gasteiger partial charge < -0.3 is 15.4 Å². The first-order valence-electron chi connectivity index (χ1n) is 5.51. The smallest absolute Gasteiger partial charge is 0.121 e. The molecule has 1 fully saturated rings. The molecule has 2 aliphatic rings. The first-order valence-corrected chi connectivity index (χ1v) is 5.51. The molecule has 0 radical (unpaired) electrons. The normalized spacial score (nSPS) is 20.9. The van der Waals surface area contributed by atoms with E-state index in [0.29, 0.717) is 5.54 Å². The molecular formula is C12H16N2O. The third-order valence-corrected chi connectivity index (χ3v) is 3.55. The van der Waals surface area contributed by atoms with Gasteiger partial charge >= 0.3 is 0 Å². The van der Waals surface area contributed by atoms with E-state index in [4.69, 9.17) is 4.74 Å². The second kappa shape index (κ2) is 3.05. The Balaban J connectivity index is 1.90. The molecule has 1 saturated carbocycles. The van der Waals surface area contributed by atoms with Gasteiger partial charge in [-0.25, -0.2) is 0 Å². The van der Waals surface area contributed by atoms with E-state index in [2.05, 4.69) is 16.7 Å². The molecule has 0 unspecified atom stereocenters. The Morgan fingerprint density at radius 2 is 2.13 bits per heavy atom. The van der Waals surface area contributed by atoms with Crippen molar-refractivity contribution in [1.29, 1.82) is 0 Å². The fourth-order valence-corrected chi connectivity index (χ4v) is 2.41. The van der Waals surface area contributed by atoms with Crippen LogP contribution in [0.2, 0.25) is 0 Å². The van der Waals surface area contributed by atoms with Crippen molar-refractivity contribution in [2.45, 2.75) is 24.8 Å². The van der Waals surface area contributed by atoms with Gasteiger partial charge in [-0.3, -0.25) is 0 Å². The maximum absolute atomic E-state index is 5.20. The number of nitrogens with one attached hydrogen (secondary N) is 2. The highest BCUT2D eigenvalue weighted by molar-refractivity contribution is 5.74. The quantitative estimate of drug-likeness (QED) is 0.737. The van der Waals surface area contributed by atoms with Crippen LogP contribution in [0.15, 0.2) is 18.2 Å². The van der Waals surface area contributed by atoms with E-state index in [1.165, 1.54) is 24.9 Å². The minimum atomic E-state index is 0.335. The Hall–Kier alpha value is -1.38. The van der Waals surface area contributed by atoms with Gasteiger partial charge in [-0.2, -0.15) is 0 Å². The van der Waals surface area contributed by atoms with E-state index in [0.717, 1.165) is 18.0 Å². The van der Waals surface area contributed by atoms with Crippen molar-refractivity contribution in [2.24, 2.45) is 0 Å². The van der Waals surface area contributed by atoms with Crippen LogP contribution in [-0.2, 0) is 0 Å². The summed E-state index contributed by atoms with van der Waals surface area (Å²) < 4.78 is 5.20. The lowest BCUT2D eigenvalue weighted by Crippen LogP contribution is -2.52. The van der Waals surface area contributed by atoms with Crippen LogP contribution < -0.4 is 15.4 Å². The summed E-state index contributed by atoms with van der Waals surface area (Å²) >= 11 is 0. The zero-order valence-electron chi connectivity index (χ0n) is 8.97. The molecule has 1 spiro atoms. The van der Waals surface area contributed by atoms with Crippen molar-refractivity contribution in [1.82, 2.24) is 0 Å². The van der Waals surface area contributed by atoms with E-state index < -0.39 is 0 Å². The third kappa shape index (κ3) is 1.34. The molecule has 1 aliphatic carbocycles. The molecule has 0 aromatic heterocycles. The highest BCUT2D eigenvalue weighted by Gasteiger charge is 2.39. The van der Waals surface area contributed by atoms with E-state index in [1.54, 1.807) is 7.11 Å². The number of anilines is 2. The number of ether oxygens (including phenoxy) is 1. The van der Waals surface area contributed by atoms with Gasteiger partial charge in [-0.1, -0.05) is 0 Å². The summed E-state index contributed by atoms with van der Waals surface area (Å²) in [5, 5.41) is 7.13. The van der Waals surface area contributed by atoms with E-state index >= 15 is 0 Å². The number of hydrogen-bond acceptors (Lipinski definition) is 3. The summed E-state index contributed by atoms with van der Waals surface area (Å²) in [5.41, 5.74) is 2.70. The van der Waals surface area contributed by atoms with E-state index in [-0.39, 0.29) is 0 Å². The summed E-state index contributed by atoms with van der Waals surface area (Å²) in [6.07, 6.45) is 3.91. The summed E-state index contributed by atoms with van der Waals surface area (Å²) in [6.45, 7) is 1.03. The van der Waals surface area contributed by atoms with Crippen LogP contribution in [0.4, 0.5) is 11.4 Å². The van der Waals surface area contributed by atoms with Crippen molar-refractivity contribution in [3.05, 3.63) is 18.2 Å². The Morgan fingerprint density at radius 1 is 1.27 bits per heavy atom. The van der Waals surface area contributed by atoms with Crippen LogP contribution in [0.25, 0.3) is 0 Å². The average molecular weight is 204 g/mol. The maximum atomic E-state index is 5.20. The highest BCUT2D eigenvalue weighted by atomic mass is 16.5. The predicted molar refractivity (Wildman–Crippen MR) is 61.7 cm³/mol. The van der Waals surface area contributed by atoms with E-state index in [9.17, 15) is 0 Å². The molecule has 80 valence electrons. The molecule has 0 bridgehead atoms. The molecular weight excluding hydrogens is 188 g/mol. The molecule has 3 heteroatoms. The Kier molecular flexibility index (Phi) is 1.81. The number of methoxy groups -OCH3 is 1. The first-order chi connectivity index (χ1) is 7.31. The minimum Gasteiger partial charge on any atom is -0.497 e. The van der Waals surface area contributed by atoms with Gasteiger partial charge in [-0.05, 0) is 31.4 Å². The predicted octanol–water partition coefficient (Wildman–Crippen LogP) is 2.46. The van der Waals surface area contributed by atoms with Crippen molar-refractivity contribution in [3.63, 3.8) is 0 Å². The van der Waals surface area contributed by atoms with Crippen molar-refractivity contribution in [3.8, 4) is 5.75 Å². The summed E-state index contributed by atoms with van der Waals surface area (Å²) in [4.78, 5) is 0. The highest BCUT2D eigenvalue weighted by Crippen LogP contribution is 2.41. The average Bonchev–Trinajstić information content (AvgIpc) is 2.25. The molecule has 0 amide bonds. The molecule has 3 rings (SSSR count). The van der Waals surface area contributed by atoms with Crippen molar-refractivity contribution >= 4 is 11.4 Å². The zero-order chi connectivity index (χ0) is 10.3. The van der Waals surface area contributed by atoms with Crippen LogP contribution in [0.5, 0.6) is 5.75 Å². The second-order valence-corrected chi connectivity index (χ2v) is 4.52. The number of rotatable bonds is 1. The van der Waals surface area contributed by atoms with Crippen LogP contribution in [0.1, 0.15) is 19.3 Å². The van der Waals surface area contributed by atoms with Gasteiger partial charge in [0.05, 0.1) is 24.0 Å². The molecule has 0 atom stereocenters. The molecule has 1 aliphatic heterocycles. The molecule has 2 N–H and O–H groups in total. The van der Waals surface area contributed by atoms with Gasteiger partial charge in [0.15, 0.2) is 0 Å². The van der Waals surface area contributed by atoms with Gasteiger partial charge in [0, 0.05) is 12.6 Å². The fourth-order valence-electron chi connectivity index (χ4n) is 2.41. The Morgan fingerprint density at radius 3 is 2.80 bits per heavy atom. The summed E-state index contributed by atoms with van der Waals surface area (Å²) in [5.74, 6) is 0.910. The fraction of sp³-hybridized carbons (Fsp3) is 0.500. The summed E-state index contributed by atoms with van der Waals surface area (Å²) in [7, 11) is 1.70. The standard InChI is InChI=1S/C12H16N2O/c1-15-9-3-4-10-11(7-9)13-8-12(14-10)5-2-6-12/h3-4,7,13-14H,2,5-6,8H2,1H3. The lowest BCUT2D eigenvalue weighted by atomic mass is 9.75. The zero-order valence-corrected chi connectivity index (χ0v) is 8.97. The van der Waals surface area contributed by atoms with Gasteiger partial charge in [0.1, 0.15) is 5.75 Å². The van der Waals surface area contributed by atoms with E-state index in [1.807, 2.05) is 12.1 Å². The molecule has 1 aromatic carbocycles. The topological polar surface area (TPSA) is 33.3 Å². The Labute approximate surface area is 89.8 Å². The molecule has 0 saturated heterocycles. The van der Waals surface area contributed by atoms with Crippen molar-refractivity contribution < 1.29 is 4.74 Å². The lowest BCUT2D eigenvalue weighted by Gasteiger charge is -2.47. The summed E-state index contributed by atoms with van der Waals surface area (Å²) in [6, 6.07) is 6.15. The van der Waals surface area contributed by atoms with Crippen LogP contribution in [0.3, 0.4) is 0 Å². The number of fused-ring (bicyclic) bond motifs is 1. The number of benzene rings is 1. The third-order valence-electron chi connectivity index (χ3n) is 3.55. The number of hydrogen-bond donors (Lipinski definition) is 2. The van der Waals surface area contributed by atoms with Gasteiger partial charge in [0.25, 0.3) is 0 Å². The Bertz CT molecular complexity index is 385. The molecule has 1 aromatic rings. The largest absolute Gasteiger partial charge is 0.497 e. The van der Waals surface area contributed by atoms with Gasteiger partial charge in [0.2, 0.25) is 0 Å². The molecule has 3 nitrogen and oxygen atoms in total. The van der Waals surface area contributed by atoms with Crippen LogP contribution in [-0.4, -0.2) is 19.2 Å². The van der Waals surface area contributed by atoms with Crippen molar-refractivity contribution in [2.75, 3.05) is 24.3 Å². The molecule has 1 heterocycles. The SMILES string of the molecule is COc1ccc2c(c1)NCC1(CCC1)N2. The minimum absolute atomic E-state index is 0.335. The van der Waals surface area contributed by atoms with Gasteiger partial charge in [-0.15, -0.1) is 0 Å². The molecule has 15 heavy (non-hydrogen) atoms. The second-order valence-electron chi connectivity index (χ2n) is 4.52. The lowest BCUT2D eigenvalue weighted by molar-refractivity contribution is 0.291. The monoisotopic (exact) mass is 204 g/mol. The maximum Gasteiger partial charge on any atom is 0.121 e. The first kappa shape index (κ1) is 8.89. The van der Waals surface area contributed by atoms with Crippen LogP contribution in [0, 0.1) is 0 Å². The van der Waals surface area contributed by atoms with Crippen LogP contribution >= 0.6 is 0 Å².